The van der Waals surface area contributed by atoms with Crippen LogP contribution >= 0.6 is 0 Å². The second-order valence-electron chi connectivity index (χ2n) is 13.2. The van der Waals surface area contributed by atoms with Crippen LogP contribution in [0.3, 0.4) is 0 Å². The summed E-state index contributed by atoms with van der Waals surface area (Å²) < 4.78 is 16.6. The van der Waals surface area contributed by atoms with Gasteiger partial charge in [0, 0.05) is 35.2 Å². The number of pyridine rings is 2. The molecule has 5 rings (SSSR count). The van der Waals surface area contributed by atoms with E-state index >= 15 is 0 Å². The van der Waals surface area contributed by atoms with Crippen LogP contribution in [0.25, 0.3) is 22.5 Å². The normalized spacial score (nSPS) is 12.7. The molecule has 5 aromatic rings. The molecule has 0 aliphatic heterocycles. The average Bonchev–Trinajstić information content (AvgIpc) is 3.01. The van der Waals surface area contributed by atoms with Crippen molar-refractivity contribution in [2.75, 3.05) is 0 Å². The number of nitrogens with zero attached hydrogens (tertiary/aromatic N) is 2. The molecule has 2 nitrogen and oxygen atoms in total. The van der Waals surface area contributed by atoms with Crippen molar-refractivity contribution in [3.8, 4) is 22.5 Å². The summed E-state index contributed by atoms with van der Waals surface area (Å²) in [4.78, 5) is 9.02. The monoisotopic (exact) mass is 763 g/mol. The maximum Gasteiger partial charge on any atom is 0.0795 e. The van der Waals surface area contributed by atoms with Gasteiger partial charge in [0.15, 0.2) is 0 Å². The molecule has 3 aromatic carbocycles. The van der Waals surface area contributed by atoms with Gasteiger partial charge in [-0.05, 0) is 45.4 Å². The van der Waals surface area contributed by atoms with Crippen molar-refractivity contribution in [3.05, 3.63) is 138 Å². The van der Waals surface area contributed by atoms with Crippen LogP contribution in [0.1, 0.15) is 54.1 Å². The minimum Gasteiger partial charge on any atom is -0.305 e. The Balaban J connectivity index is 0.000000249. The quantitative estimate of drug-likeness (QED) is 0.127. The number of hydrogen-bond acceptors (Lipinski definition) is 2. The third kappa shape index (κ3) is 9.66. The van der Waals surface area contributed by atoms with Gasteiger partial charge in [-0.1, -0.05) is 108 Å². The van der Waals surface area contributed by atoms with Crippen LogP contribution in [-0.4, -0.2) is 18.0 Å². The van der Waals surface area contributed by atoms with E-state index in [2.05, 4.69) is 105 Å². The van der Waals surface area contributed by atoms with E-state index in [9.17, 15) is 0 Å². The van der Waals surface area contributed by atoms with Gasteiger partial charge in [0.05, 0.1) is 8.07 Å². The molecule has 0 saturated carbocycles. The van der Waals surface area contributed by atoms with Crippen LogP contribution in [0.15, 0.2) is 109 Å². The molecule has 0 bridgehead atoms. The molecule has 2 heterocycles. The maximum atomic E-state index is 8.31. The van der Waals surface area contributed by atoms with E-state index in [0.717, 1.165) is 22.5 Å². The van der Waals surface area contributed by atoms with Crippen LogP contribution < -0.4 is 5.19 Å². The molecule has 0 amide bonds. The van der Waals surface area contributed by atoms with Crippen molar-refractivity contribution >= 4 is 13.3 Å². The molecule has 0 unspecified atom stereocenters. The Morgan fingerprint density at radius 3 is 2.00 bits per heavy atom. The van der Waals surface area contributed by atoms with E-state index in [1.165, 1.54) is 16.3 Å². The van der Waals surface area contributed by atoms with Gasteiger partial charge in [0.25, 0.3) is 0 Å². The fourth-order valence-corrected chi connectivity index (χ4v) is 5.70. The molecular formula is C39H44IrN2Si-2. The van der Waals surface area contributed by atoms with E-state index in [1.54, 1.807) is 12.3 Å². The van der Waals surface area contributed by atoms with Gasteiger partial charge in [0.2, 0.25) is 0 Å². The van der Waals surface area contributed by atoms with Crippen molar-refractivity contribution in [1.29, 1.82) is 0 Å². The SMILES string of the molecule is CC(C)(c1ccccc1)c1cc[c-]c(-c2ccc([Si](C)(C)C)cn2)c1.[2H]C([2H])(c1ccnc(-c2[c-]cccc2)c1)C(C)(C)C.[Ir]. The van der Waals surface area contributed by atoms with Crippen molar-refractivity contribution < 1.29 is 22.8 Å². The molecule has 0 spiro atoms. The van der Waals surface area contributed by atoms with Gasteiger partial charge >= 0.3 is 0 Å². The Labute approximate surface area is 277 Å². The zero-order valence-electron chi connectivity index (χ0n) is 28.6. The Kier molecular flexibility index (Phi) is 10.6. The Morgan fingerprint density at radius 2 is 1.40 bits per heavy atom. The molecule has 0 aliphatic carbocycles. The molecule has 43 heavy (non-hydrogen) atoms. The molecular weight excluding hydrogens is 717 g/mol. The molecule has 0 aliphatic rings. The first-order valence-corrected chi connectivity index (χ1v) is 18.1. The molecule has 0 fully saturated rings. The third-order valence-corrected chi connectivity index (χ3v) is 9.22. The van der Waals surface area contributed by atoms with Gasteiger partial charge < -0.3 is 9.97 Å². The first kappa shape index (κ1) is 31.3. The molecule has 0 atom stereocenters. The summed E-state index contributed by atoms with van der Waals surface area (Å²) in [6, 6.07) is 39.1. The summed E-state index contributed by atoms with van der Waals surface area (Å²) in [6.07, 6.45) is 2.30. The topological polar surface area (TPSA) is 25.8 Å². The molecule has 2 aromatic heterocycles. The molecule has 4 heteroatoms. The summed E-state index contributed by atoms with van der Waals surface area (Å²) in [7, 11) is -1.31. The molecule has 1 radical (unpaired) electrons. The van der Waals surface area contributed by atoms with Gasteiger partial charge in [0.1, 0.15) is 0 Å². The van der Waals surface area contributed by atoms with Crippen LogP contribution in [0, 0.1) is 17.5 Å². The van der Waals surface area contributed by atoms with E-state index in [0.29, 0.717) is 5.56 Å². The predicted molar refractivity (Wildman–Crippen MR) is 182 cm³/mol. The zero-order valence-corrected chi connectivity index (χ0v) is 30.0. The van der Waals surface area contributed by atoms with Crippen molar-refractivity contribution in [1.82, 2.24) is 9.97 Å². The predicted octanol–water partition coefficient (Wildman–Crippen LogP) is 9.55. The minimum absolute atomic E-state index is 0. The van der Waals surface area contributed by atoms with Crippen molar-refractivity contribution in [2.45, 2.75) is 66.0 Å². The first-order chi connectivity index (χ1) is 20.6. The van der Waals surface area contributed by atoms with Crippen LogP contribution in [0.4, 0.5) is 0 Å². The Hall–Kier alpha value is -3.17. The maximum absolute atomic E-state index is 8.31. The average molecular weight is 763 g/mol. The van der Waals surface area contributed by atoms with E-state index in [4.69, 9.17) is 7.73 Å². The summed E-state index contributed by atoms with van der Waals surface area (Å²) >= 11 is 0. The van der Waals surface area contributed by atoms with Crippen molar-refractivity contribution in [3.63, 3.8) is 0 Å². The largest absolute Gasteiger partial charge is 0.305 e. The van der Waals surface area contributed by atoms with Crippen LogP contribution in [0.2, 0.25) is 19.6 Å². The fourth-order valence-electron chi connectivity index (χ4n) is 4.66. The number of rotatable bonds is 6. The second kappa shape index (κ2) is 14.5. The fraction of sp³-hybridized carbons (Fsp3) is 0.282. The van der Waals surface area contributed by atoms with E-state index in [-0.39, 0.29) is 25.5 Å². The van der Waals surface area contributed by atoms with E-state index in [1.807, 2.05) is 63.4 Å². The minimum atomic E-state index is -1.40. The van der Waals surface area contributed by atoms with Crippen LogP contribution in [-0.2, 0) is 31.9 Å². The number of benzene rings is 3. The smallest absolute Gasteiger partial charge is 0.0795 e. The summed E-state index contributed by atoms with van der Waals surface area (Å²) in [6.45, 7) is 17.3. The van der Waals surface area contributed by atoms with Crippen molar-refractivity contribution in [2.24, 2.45) is 5.41 Å². The van der Waals surface area contributed by atoms with Gasteiger partial charge in [-0.15, -0.1) is 71.3 Å². The number of aromatic nitrogens is 2. The van der Waals surface area contributed by atoms with Gasteiger partial charge in [-0.2, -0.15) is 0 Å². The summed E-state index contributed by atoms with van der Waals surface area (Å²) in [5.41, 5.74) is 6.42. The standard InChI is InChI=1S/C23H26NSi.C16H18N.Ir/c1-23(2,19-11-7-6-8-12-19)20-13-9-10-18(16-20)22-15-14-21(17-24-22)25(3,4)5;1-16(2,3)12-13-9-10-17-15(11-13)14-7-5-4-6-8-14;/h6-9,11-17H,1-5H3;4-7,9-11H,12H2,1-3H3;/q2*-1;/i;12D2;. The molecule has 225 valence electrons. The molecule has 0 N–H and O–H groups in total. The third-order valence-electron chi connectivity index (χ3n) is 7.19. The van der Waals surface area contributed by atoms with E-state index < -0.39 is 19.9 Å². The first-order valence-electron chi connectivity index (χ1n) is 15.6. The zero-order chi connectivity index (χ0) is 32.2. The Morgan fingerprint density at radius 1 is 0.698 bits per heavy atom. The summed E-state index contributed by atoms with van der Waals surface area (Å²) in [5, 5.41) is 1.39. The van der Waals surface area contributed by atoms with Gasteiger partial charge in [-0.25, -0.2) is 0 Å². The molecule has 0 saturated heterocycles. The van der Waals surface area contributed by atoms with Crippen LogP contribution in [0.5, 0.6) is 0 Å². The number of hydrogen-bond donors (Lipinski definition) is 0. The second-order valence-corrected chi connectivity index (χ2v) is 18.3. The Bertz CT molecular complexity index is 1660. The summed E-state index contributed by atoms with van der Waals surface area (Å²) in [5.74, 6) is 0. The van der Waals surface area contributed by atoms with Gasteiger partial charge in [-0.3, -0.25) is 0 Å².